The molecule has 0 aliphatic carbocycles. The lowest BCUT2D eigenvalue weighted by molar-refractivity contribution is 0.241. The van der Waals surface area contributed by atoms with Crippen LogP contribution in [0.3, 0.4) is 0 Å². The van der Waals surface area contributed by atoms with Crippen molar-refractivity contribution < 1.29 is 4.39 Å². The maximum atomic E-state index is 13.4. The number of H-pyrrole nitrogens is 1. The predicted molar refractivity (Wildman–Crippen MR) is 95.1 cm³/mol. The van der Waals surface area contributed by atoms with Gasteiger partial charge in [-0.2, -0.15) is 0 Å². The Morgan fingerprint density at radius 1 is 1.35 bits per heavy atom. The molecule has 0 atom stereocenters. The van der Waals surface area contributed by atoms with Gasteiger partial charge in [-0.25, -0.2) is 14.4 Å². The van der Waals surface area contributed by atoms with Crippen molar-refractivity contribution in [1.82, 2.24) is 24.8 Å². The van der Waals surface area contributed by atoms with E-state index in [1.165, 1.54) is 6.07 Å². The third kappa shape index (κ3) is 3.36. The van der Waals surface area contributed by atoms with Crippen LogP contribution in [-0.2, 0) is 19.5 Å². The normalized spacial score (nSPS) is 14.2. The summed E-state index contributed by atoms with van der Waals surface area (Å²) in [6.45, 7) is 1.55. The maximum absolute atomic E-state index is 13.4. The quantitative estimate of drug-likeness (QED) is 0.716. The molecule has 0 radical (unpaired) electrons. The summed E-state index contributed by atoms with van der Waals surface area (Å²) in [5.74, 6) is 0.0927. The summed E-state index contributed by atoms with van der Waals surface area (Å²) in [6, 6.07) is 5.03. The predicted octanol–water partition coefficient (Wildman–Crippen LogP) is 2.58. The summed E-state index contributed by atoms with van der Waals surface area (Å²) in [5, 5.41) is 0.274. The number of hydrogen-bond acceptors (Lipinski definition) is 5. The first-order chi connectivity index (χ1) is 12.6. The highest BCUT2D eigenvalue weighted by Crippen LogP contribution is 2.22. The minimum absolute atomic E-state index is 0.165. The second-order valence-electron chi connectivity index (χ2n) is 6.15. The molecule has 6 nitrogen and oxygen atoms in total. The number of aromatic amines is 1. The number of rotatable bonds is 3. The summed E-state index contributed by atoms with van der Waals surface area (Å²) in [6.07, 6.45) is 5.06. The van der Waals surface area contributed by atoms with Gasteiger partial charge in [0.05, 0.1) is 17.5 Å². The van der Waals surface area contributed by atoms with E-state index in [0.29, 0.717) is 43.0 Å². The van der Waals surface area contributed by atoms with Crippen LogP contribution in [0.5, 0.6) is 0 Å². The number of nitrogens with zero attached hydrogens (tertiary/aromatic N) is 4. The SMILES string of the molecule is O=c1[nH]c(-c2cccnc2)nc2c1CN(Cc1cc(F)cnc1Cl)CC2. The molecule has 0 amide bonds. The zero-order valence-corrected chi connectivity index (χ0v) is 14.5. The van der Waals surface area contributed by atoms with Crippen molar-refractivity contribution in [3.63, 3.8) is 0 Å². The summed E-state index contributed by atoms with van der Waals surface area (Å²) in [4.78, 5) is 29.9. The fourth-order valence-electron chi connectivity index (χ4n) is 3.07. The van der Waals surface area contributed by atoms with Crippen LogP contribution in [0, 0.1) is 5.82 Å². The molecular weight excluding hydrogens is 357 g/mol. The smallest absolute Gasteiger partial charge is 0.255 e. The summed E-state index contributed by atoms with van der Waals surface area (Å²) in [5.41, 5.74) is 2.62. The van der Waals surface area contributed by atoms with E-state index in [-0.39, 0.29) is 10.7 Å². The molecule has 0 unspecified atom stereocenters. The zero-order valence-electron chi connectivity index (χ0n) is 13.7. The number of nitrogens with one attached hydrogen (secondary N) is 1. The van der Waals surface area contributed by atoms with Crippen molar-refractivity contribution >= 4 is 11.6 Å². The fourth-order valence-corrected chi connectivity index (χ4v) is 3.23. The molecule has 132 valence electrons. The van der Waals surface area contributed by atoms with Gasteiger partial charge in [0.25, 0.3) is 5.56 Å². The Hall–Kier alpha value is -2.64. The number of pyridine rings is 2. The topological polar surface area (TPSA) is 74.8 Å². The minimum Gasteiger partial charge on any atom is -0.306 e. The fraction of sp³-hybridized carbons (Fsp3) is 0.222. The van der Waals surface area contributed by atoms with Crippen LogP contribution >= 0.6 is 11.6 Å². The maximum Gasteiger partial charge on any atom is 0.255 e. The molecule has 26 heavy (non-hydrogen) atoms. The van der Waals surface area contributed by atoms with E-state index in [4.69, 9.17) is 11.6 Å². The van der Waals surface area contributed by atoms with E-state index in [1.807, 2.05) is 11.0 Å². The molecule has 4 heterocycles. The molecule has 0 saturated carbocycles. The van der Waals surface area contributed by atoms with Crippen LogP contribution in [0.4, 0.5) is 4.39 Å². The lowest BCUT2D eigenvalue weighted by Gasteiger charge is -2.27. The second kappa shape index (κ2) is 6.93. The van der Waals surface area contributed by atoms with Crippen molar-refractivity contribution in [2.24, 2.45) is 0 Å². The van der Waals surface area contributed by atoms with Crippen LogP contribution < -0.4 is 5.56 Å². The van der Waals surface area contributed by atoms with Gasteiger partial charge < -0.3 is 4.98 Å². The number of fused-ring (bicyclic) bond motifs is 1. The summed E-state index contributed by atoms with van der Waals surface area (Å²) >= 11 is 6.04. The van der Waals surface area contributed by atoms with Gasteiger partial charge in [0, 0.05) is 49.6 Å². The van der Waals surface area contributed by atoms with Gasteiger partial charge in [-0.3, -0.25) is 14.7 Å². The van der Waals surface area contributed by atoms with Gasteiger partial charge >= 0.3 is 0 Å². The minimum atomic E-state index is -0.428. The van der Waals surface area contributed by atoms with Crippen molar-refractivity contribution in [3.05, 3.63) is 74.9 Å². The van der Waals surface area contributed by atoms with E-state index < -0.39 is 5.82 Å². The Balaban J connectivity index is 1.59. The first-order valence-electron chi connectivity index (χ1n) is 8.15. The monoisotopic (exact) mass is 371 g/mol. The van der Waals surface area contributed by atoms with E-state index in [1.54, 1.807) is 18.5 Å². The molecule has 0 spiro atoms. The van der Waals surface area contributed by atoms with Crippen molar-refractivity contribution in [1.29, 1.82) is 0 Å². The molecule has 1 aliphatic rings. The standard InChI is InChI=1S/C18H15ClFN5O/c19-16-12(6-13(20)8-22-16)9-25-5-3-15-14(10-25)18(26)24-17(23-15)11-2-1-4-21-7-11/h1-2,4,6-8H,3,5,9-10H2,(H,23,24,26). The van der Waals surface area contributed by atoms with Crippen LogP contribution in [0.2, 0.25) is 5.15 Å². The first kappa shape index (κ1) is 16.8. The molecule has 1 N–H and O–H groups in total. The summed E-state index contributed by atoms with van der Waals surface area (Å²) < 4.78 is 13.4. The molecule has 4 rings (SSSR count). The van der Waals surface area contributed by atoms with Crippen molar-refractivity contribution in [2.75, 3.05) is 6.54 Å². The number of halogens is 2. The molecule has 3 aromatic rings. The highest BCUT2D eigenvalue weighted by molar-refractivity contribution is 6.30. The van der Waals surface area contributed by atoms with E-state index in [2.05, 4.69) is 19.9 Å². The van der Waals surface area contributed by atoms with Gasteiger partial charge in [0.1, 0.15) is 16.8 Å². The van der Waals surface area contributed by atoms with Crippen molar-refractivity contribution in [3.8, 4) is 11.4 Å². The Kier molecular flexibility index (Phi) is 4.48. The van der Waals surface area contributed by atoms with Crippen LogP contribution in [0.1, 0.15) is 16.8 Å². The Morgan fingerprint density at radius 3 is 3.04 bits per heavy atom. The van der Waals surface area contributed by atoms with Crippen molar-refractivity contribution in [2.45, 2.75) is 19.5 Å². The van der Waals surface area contributed by atoms with Gasteiger partial charge in [-0.1, -0.05) is 11.6 Å². The molecule has 8 heteroatoms. The van der Waals surface area contributed by atoms with Crippen LogP contribution in [0.15, 0.2) is 41.6 Å². The van der Waals surface area contributed by atoms with E-state index >= 15 is 0 Å². The Labute approximate surface area is 153 Å². The third-order valence-corrected chi connectivity index (χ3v) is 4.70. The average molecular weight is 372 g/mol. The number of aromatic nitrogens is 4. The largest absolute Gasteiger partial charge is 0.306 e. The van der Waals surface area contributed by atoms with Crippen LogP contribution in [-0.4, -0.2) is 31.4 Å². The van der Waals surface area contributed by atoms with Crippen LogP contribution in [0.25, 0.3) is 11.4 Å². The lowest BCUT2D eigenvalue weighted by atomic mass is 10.1. The average Bonchev–Trinajstić information content (AvgIpc) is 2.66. The highest BCUT2D eigenvalue weighted by atomic mass is 35.5. The molecule has 0 bridgehead atoms. The highest BCUT2D eigenvalue weighted by Gasteiger charge is 2.22. The summed E-state index contributed by atoms with van der Waals surface area (Å²) in [7, 11) is 0. The zero-order chi connectivity index (χ0) is 18.1. The first-order valence-corrected chi connectivity index (χ1v) is 8.52. The molecule has 0 saturated heterocycles. The molecule has 0 fully saturated rings. The lowest BCUT2D eigenvalue weighted by Crippen LogP contribution is -2.35. The second-order valence-corrected chi connectivity index (χ2v) is 6.50. The van der Waals surface area contributed by atoms with Gasteiger partial charge in [0.15, 0.2) is 0 Å². The third-order valence-electron chi connectivity index (χ3n) is 4.35. The Morgan fingerprint density at radius 2 is 2.23 bits per heavy atom. The molecule has 1 aliphatic heterocycles. The van der Waals surface area contributed by atoms with Gasteiger partial charge in [-0.05, 0) is 18.2 Å². The molecule has 3 aromatic heterocycles. The molecular formula is C18H15ClFN5O. The van der Waals surface area contributed by atoms with Gasteiger partial charge in [0.2, 0.25) is 0 Å². The van der Waals surface area contributed by atoms with Gasteiger partial charge in [-0.15, -0.1) is 0 Å². The van der Waals surface area contributed by atoms with E-state index in [9.17, 15) is 9.18 Å². The van der Waals surface area contributed by atoms with E-state index in [0.717, 1.165) is 17.5 Å². The molecule has 0 aromatic carbocycles. The Bertz CT molecular complexity index is 1010. The number of hydrogen-bond donors (Lipinski definition) is 1.